The number of amides is 1. The van der Waals surface area contributed by atoms with Gasteiger partial charge in [-0.15, -0.1) is 0 Å². The third kappa shape index (κ3) is 2.31. The molecule has 1 amide bonds. The number of benzene rings is 1. The van der Waals surface area contributed by atoms with E-state index in [1.54, 1.807) is 4.68 Å². The van der Waals surface area contributed by atoms with Gasteiger partial charge in [0.15, 0.2) is 0 Å². The molecule has 2 aliphatic heterocycles. The Kier molecular flexibility index (Phi) is 3.18. The third-order valence-electron chi connectivity index (χ3n) is 4.59. The maximum absolute atomic E-state index is 13.8. The fourth-order valence-electron chi connectivity index (χ4n) is 3.51. The second kappa shape index (κ2) is 5.11. The van der Waals surface area contributed by atoms with Gasteiger partial charge in [0, 0.05) is 24.6 Å². The van der Waals surface area contributed by atoms with Crippen LogP contribution < -0.4 is 4.90 Å². The van der Waals surface area contributed by atoms with Crippen LogP contribution >= 0.6 is 0 Å². The maximum Gasteiger partial charge on any atom is 0.232 e. The largest absolute Gasteiger partial charge is 0.311 e. The number of halogens is 2. The van der Waals surface area contributed by atoms with Crippen molar-refractivity contribution in [2.45, 2.75) is 32.7 Å². The normalized spacial score (nSPS) is 19.6. The summed E-state index contributed by atoms with van der Waals surface area (Å²) in [6, 6.07) is 2.12. The average Bonchev–Trinajstić information content (AvgIpc) is 3.08. The van der Waals surface area contributed by atoms with Gasteiger partial charge in [-0.2, -0.15) is 5.10 Å². The molecule has 0 spiro atoms. The number of hydrogen-bond acceptors (Lipinski definition) is 3. The molecular formula is C16H16F2N4O. The zero-order valence-electron chi connectivity index (χ0n) is 12.7. The van der Waals surface area contributed by atoms with Crippen LogP contribution in [0.5, 0.6) is 0 Å². The first-order valence-electron chi connectivity index (χ1n) is 7.72. The lowest BCUT2D eigenvalue weighted by Gasteiger charge is -2.27. The van der Waals surface area contributed by atoms with E-state index in [1.807, 2.05) is 6.92 Å². The SMILES string of the molecule is Cc1nc2n(n1)CC(C(=O)N1CCc3c(F)cc(F)cc31)CC2. The summed E-state index contributed by atoms with van der Waals surface area (Å²) < 4.78 is 29.1. The number of nitrogens with zero attached hydrogens (tertiary/aromatic N) is 4. The van der Waals surface area contributed by atoms with Gasteiger partial charge < -0.3 is 4.90 Å². The van der Waals surface area contributed by atoms with Gasteiger partial charge in [-0.05, 0) is 25.8 Å². The van der Waals surface area contributed by atoms with Crippen LogP contribution in [0.4, 0.5) is 14.5 Å². The van der Waals surface area contributed by atoms with Crippen molar-refractivity contribution < 1.29 is 13.6 Å². The van der Waals surface area contributed by atoms with Crippen molar-refractivity contribution in [3.63, 3.8) is 0 Å². The maximum atomic E-state index is 13.8. The van der Waals surface area contributed by atoms with Crippen LogP contribution in [0.1, 0.15) is 23.6 Å². The van der Waals surface area contributed by atoms with E-state index in [2.05, 4.69) is 10.1 Å². The lowest BCUT2D eigenvalue weighted by molar-refractivity contribution is -0.123. The Morgan fingerprint density at radius 2 is 2.13 bits per heavy atom. The standard InChI is InChI=1S/C16H16F2N4O/c1-9-19-15-3-2-10(8-22(15)20-9)16(23)21-5-4-12-13(18)6-11(17)7-14(12)21/h6-7,10H,2-5,8H2,1H3. The molecule has 3 heterocycles. The van der Waals surface area contributed by atoms with Crippen molar-refractivity contribution >= 4 is 11.6 Å². The molecular weight excluding hydrogens is 302 g/mol. The Morgan fingerprint density at radius 3 is 2.96 bits per heavy atom. The van der Waals surface area contributed by atoms with Crippen LogP contribution in [-0.4, -0.2) is 27.2 Å². The summed E-state index contributed by atoms with van der Waals surface area (Å²) >= 11 is 0. The summed E-state index contributed by atoms with van der Waals surface area (Å²) in [4.78, 5) is 18.7. The van der Waals surface area contributed by atoms with Gasteiger partial charge in [0.1, 0.15) is 23.3 Å². The van der Waals surface area contributed by atoms with Gasteiger partial charge >= 0.3 is 0 Å². The van der Waals surface area contributed by atoms with Gasteiger partial charge in [-0.25, -0.2) is 18.4 Å². The molecule has 23 heavy (non-hydrogen) atoms. The van der Waals surface area contributed by atoms with Crippen molar-refractivity contribution in [3.8, 4) is 0 Å². The molecule has 1 aromatic heterocycles. The number of rotatable bonds is 1. The van der Waals surface area contributed by atoms with E-state index in [4.69, 9.17) is 0 Å². The Bertz CT molecular complexity index is 802. The number of aromatic nitrogens is 3. The second-order valence-electron chi connectivity index (χ2n) is 6.12. The minimum atomic E-state index is -0.654. The van der Waals surface area contributed by atoms with E-state index in [-0.39, 0.29) is 11.8 Å². The molecule has 0 bridgehead atoms. The lowest BCUT2D eigenvalue weighted by Crippen LogP contribution is -2.39. The van der Waals surface area contributed by atoms with Gasteiger partial charge in [0.2, 0.25) is 5.91 Å². The monoisotopic (exact) mass is 318 g/mol. The van der Waals surface area contributed by atoms with Crippen LogP contribution in [0.25, 0.3) is 0 Å². The second-order valence-corrected chi connectivity index (χ2v) is 6.12. The van der Waals surface area contributed by atoms with Crippen molar-refractivity contribution in [2.75, 3.05) is 11.4 Å². The van der Waals surface area contributed by atoms with E-state index >= 15 is 0 Å². The molecule has 1 unspecified atom stereocenters. The molecule has 0 aliphatic carbocycles. The van der Waals surface area contributed by atoms with Crippen molar-refractivity contribution in [1.82, 2.24) is 14.8 Å². The van der Waals surface area contributed by atoms with E-state index < -0.39 is 11.6 Å². The highest BCUT2D eigenvalue weighted by Gasteiger charge is 2.34. The summed E-state index contributed by atoms with van der Waals surface area (Å²) in [5.41, 5.74) is 0.793. The van der Waals surface area contributed by atoms with Gasteiger partial charge in [0.25, 0.3) is 0 Å². The van der Waals surface area contributed by atoms with Crippen molar-refractivity contribution in [1.29, 1.82) is 0 Å². The predicted octanol–water partition coefficient (Wildman–Crippen LogP) is 2.02. The molecule has 0 radical (unpaired) electrons. The smallest absolute Gasteiger partial charge is 0.232 e. The molecule has 4 rings (SSSR count). The number of carbonyl (C=O) groups is 1. The Labute approximate surface area is 131 Å². The van der Waals surface area contributed by atoms with Crippen LogP contribution in [0.15, 0.2) is 12.1 Å². The minimum absolute atomic E-state index is 0.0902. The highest BCUT2D eigenvalue weighted by Crippen LogP contribution is 2.33. The van der Waals surface area contributed by atoms with Crippen molar-refractivity contribution in [3.05, 3.63) is 41.0 Å². The number of aryl methyl sites for hydroxylation is 2. The van der Waals surface area contributed by atoms with Crippen LogP contribution in [0.2, 0.25) is 0 Å². The number of fused-ring (bicyclic) bond motifs is 2. The van der Waals surface area contributed by atoms with Crippen LogP contribution in [0, 0.1) is 24.5 Å². The number of anilines is 1. The molecule has 0 fully saturated rings. The summed E-state index contributed by atoms with van der Waals surface area (Å²) in [6.45, 7) is 2.69. The minimum Gasteiger partial charge on any atom is -0.311 e. The van der Waals surface area contributed by atoms with Crippen LogP contribution in [-0.2, 0) is 24.2 Å². The predicted molar refractivity (Wildman–Crippen MR) is 79.0 cm³/mol. The zero-order chi connectivity index (χ0) is 16.1. The van der Waals surface area contributed by atoms with Gasteiger partial charge in [0.05, 0.1) is 18.2 Å². The molecule has 0 saturated carbocycles. The van der Waals surface area contributed by atoms with Crippen LogP contribution in [0.3, 0.4) is 0 Å². The van der Waals surface area contributed by atoms with Crippen molar-refractivity contribution in [2.24, 2.45) is 5.92 Å². The highest BCUT2D eigenvalue weighted by molar-refractivity contribution is 5.97. The molecule has 0 saturated heterocycles. The highest BCUT2D eigenvalue weighted by atomic mass is 19.1. The summed E-state index contributed by atoms with van der Waals surface area (Å²) in [5.74, 6) is 0.0366. The first-order valence-corrected chi connectivity index (χ1v) is 7.72. The summed E-state index contributed by atoms with van der Waals surface area (Å²) in [6.07, 6.45) is 1.80. The first-order chi connectivity index (χ1) is 11.0. The van der Waals surface area contributed by atoms with Gasteiger partial charge in [-0.1, -0.05) is 0 Å². The molecule has 1 atom stereocenters. The third-order valence-corrected chi connectivity index (χ3v) is 4.59. The Balaban J connectivity index is 1.60. The fraction of sp³-hybridized carbons (Fsp3) is 0.438. The first kappa shape index (κ1) is 14.3. The van der Waals surface area contributed by atoms with Gasteiger partial charge in [-0.3, -0.25) is 4.79 Å². The number of hydrogen-bond donors (Lipinski definition) is 0. The average molecular weight is 318 g/mol. The molecule has 7 heteroatoms. The molecule has 2 aromatic rings. The Morgan fingerprint density at radius 1 is 1.30 bits per heavy atom. The summed E-state index contributed by atoms with van der Waals surface area (Å²) in [5, 5.41) is 4.30. The van der Waals surface area contributed by atoms with E-state index in [0.717, 1.165) is 11.9 Å². The zero-order valence-corrected chi connectivity index (χ0v) is 12.7. The number of carbonyl (C=O) groups excluding carboxylic acids is 1. The fourth-order valence-corrected chi connectivity index (χ4v) is 3.51. The molecule has 120 valence electrons. The van der Waals surface area contributed by atoms with E-state index in [0.29, 0.717) is 49.4 Å². The van der Waals surface area contributed by atoms with E-state index in [9.17, 15) is 13.6 Å². The van der Waals surface area contributed by atoms with E-state index in [1.165, 1.54) is 11.0 Å². The molecule has 2 aliphatic rings. The molecule has 1 aromatic carbocycles. The molecule has 0 N–H and O–H groups in total. The summed E-state index contributed by atoms with van der Waals surface area (Å²) in [7, 11) is 0. The topological polar surface area (TPSA) is 51.0 Å². The quantitative estimate of drug-likeness (QED) is 0.808. The lowest BCUT2D eigenvalue weighted by atomic mass is 9.98. The Hall–Kier alpha value is -2.31. The molecule has 5 nitrogen and oxygen atoms in total.